The Kier molecular flexibility index (Phi) is 3.80. The van der Waals surface area contributed by atoms with Gasteiger partial charge in [0.15, 0.2) is 0 Å². The van der Waals surface area contributed by atoms with Gasteiger partial charge in [-0.15, -0.1) is 0 Å². The van der Waals surface area contributed by atoms with Crippen molar-refractivity contribution in [1.82, 2.24) is 4.90 Å². The average Bonchev–Trinajstić information content (AvgIpc) is 3.16. The Hall–Kier alpha value is -0.0800. The molecule has 114 valence electrons. The molecule has 0 radical (unpaired) electrons. The van der Waals surface area contributed by atoms with E-state index >= 15 is 0 Å². The summed E-state index contributed by atoms with van der Waals surface area (Å²) >= 11 is 0. The molecule has 4 aliphatic rings. The van der Waals surface area contributed by atoms with E-state index in [-0.39, 0.29) is 6.10 Å². The summed E-state index contributed by atoms with van der Waals surface area (Å²) in [6, 6.07) is 0.712. The van der Waals surface area contributed by atoms with Crippen molar-refractivity contribution in [3.05, 3.63) is 0 Å². The number of rotatable bonds is 3. The largest absolute Gasteiger partial charge is 0.393 e. The van der Waals surface area contributed by atoms with Crippen molar-refractivity contribution >= 4 is 0 Å². The number of aliphatic hydroxyl groups is 1. The van der Waals surface area contributed by atoms with Crippen LogP contribution >= 0.6 is 0 Å². The molecule has 0 aromatic rings. The van der Waals surface area contributed by atoms with Gasteiger partial charge in [0.05, 0.1) is 6.10 Å². The van der Waals surface area contributed by atoms with Gasteiger partial charge in [0.25, 0.3) is 0 Å². The maximum absolute atomic E-state index is 10.4. The average molecular weight is 277 g/mol. The van der Waals surface area contributed by atoms with Gasteiger partial charge in [-0.25, -0.2) is 0 Å². The molecule has 2 nitrogen and oxygen atoms in total. The molecule has 3 saturated carbocycles. The zero-order chi connectivity index (χ0) is 13.5. The van der Waals surface area contributed by atoms with E-state index in [0.29, 0.717) is 12.0 Å². The molecule has 3 aliphatic carbocycles. The second kappa shape index (κ2) is 5.61. The molecular weight excluding hydrogens is 246 g/mol. The van der Waals surface area contributed by atoms with Crippen molar-refractivity contribution in [2.75, 3.05) is 13.1 Å². The topological polar surface area (TPSA) is 23.5 Å². The second-order valence-electron chi connectivity index (χ2n) is 8.16. The van der Waals surface area contributed by atoms with E-state index in [1.54, 1.807) is 0 Å². The van der Waals surface area contributed by atoms with Crippen LogP contribution in [0.5, 0.6) is 0 Å². The van der Waals surface area contributed by atoms with E-state index in [9.17, 15) is 5.11 Å². The first kappa shape index (κ1) is 13.6. The minimum atomic E-state index is -0.00520. The first-order valence-corrected chi connectivity index (χ1v) is 9.23. The molecule has 20 heavy (non-hydrogen) atoms. The molecule has 0 aromatic carbocycles. The van der Waals surface area contributed by atoms with Crippen LogP contribution in [-0.4, -0.2) is 35.2 Å². The van der Waals surface area contributed by atoms with Crippen LogP contribution in [0.1, 0.15) is 64.2 Å². The number of fused-ring (bicyclic) bond motifs is 2. The van der Waals surface area contributed by atoms with E-state index in [2.05, 4.69) is 4.90 Å². The molecule has 0 spiro atoms. The molecule has 0 amide bonds. The van der Waals surface area contributed by atoms with Crippen molar-refractivity contribution in [2.24, 2.45) is 23.7 Å². The van der Waals surface area contributed by atoms with E-state index in [0.717, 1.165) is 24.2 Å². The third-order valence-corrected chi connectivity index (χ3v) is 7.04. The number of aliphatic hydroxyl groups excluding tert-OH is 1. The molecule has 1 N–H and O–H groups in total. The van der Waals surface area contributed by atoms with Gasteiger partial charge < -0.3 is 5.11 Å². The lowest BCUT2D eigenvalue weighted by Crippen LogP contribution is -2.44. The van der Waals surface area contributed by atoms with Crippen LogP contribution in [0.2, 0.25) is 0 Å². The third-order valence-electron chi connectivity index (χ3n) is 7.04. The minimum absolute atomic E-state index is 0.00520. The van der Waals surface area contributed by atoms with Gasteiger partial charge in [-0.05, 0) is 69.2 Å². The van der Waals surface area contributed by atoms with E-state index < -0.39 is 0 Å². The van der Waals surface area contributed by atoms with Crippen molar-refractivity contribution in [3.8, 4) is 0 Å². The Morgan fingerprint density at radius 2 is 1.80 bits per heavy atom. The summed E-state index contributed by atoms with van der Waals surface area (Å²) in [5, 5.41) is 10.4. The van der Waals surface area contributed by atoms with Gasteiger partial charge in [-0.2, -0.15) is 0 Å². The lowest BCUT2D eigenvalue weighted by molar-refractivity contribution is 0.0160. The van der Waals surface area contributed by atoms with E-state index in [4.69, 9.17) is 0 Å². The summed E-state index contributed by atoms with van der Waals surface area (Å²) in [7, 11) is 0. The molecule has 6 unspecified atom stereocenters. The molecule has 0 aromatic heterocycles. The summed E-state index contributed by atoms with van der Waals surface area (Å²) in [5.74, 6) is 3.71. The van der Waals surface area contributed by atoms with E-state index in [1.807, 2.05) is 0 Å². The highest BCUT2D eigenvalue weighted by atomic mass is 16.3. The molecule has 4 fully saturated rings. The number of hydrogen-bond donors (Lipinski definition) is 1. The fourth-order valence-corrected chi connectivity index (χ4v) is 6.05. The van der Waals surface area contributed by atoms with Crippen molar-refractivity contribution in [3.63, 3.8) is 0 Å². The highest BCUT2D eigenvalue weighted by Crippen LogP contribution is 2.49. The number of hydrogen-bond acceptors (Lipinski definition) is 2. The van der Waals surface area contributed by atoms with Gasteiger partial charge >= 0.3 is 0 Å². The van der Waals surface area contributed by atoms with Crippen molar-refractivity contribution in [2.45, 2.75) is 76.4 Å². The van der Waals surface area contributed by atoms with Crippen LogP contribution in [0.4, 0.5) is 0 Å². The van der Waals surface area contributed by atoms with Crippen LogP contribution in [0, 0.1) is 23.7 Å². The lowest BCUT2D eigenvalue weighted by atomic mass is 9.80. The summed E-state index contributed by atoms with van der Waals surface area (Å²) in [6.07, 6.45) is 13.7. The number of likely N-dealkylation sites (tertiary alicyclic amines) is 1. The Balaban J connectivity index is 1.39. The molecule has 1 heterocycles. The first-order valence-electron chi connectivity index (χ1n) is 9.23. The summed E-state index contributed by atoms with van der Waals surface area (Å²) in [5.41, 5.74) is 0. The van der Waals surface area contributed by atoms with Gasteiger partial charge in [0.1, 0.15) is 0 Å². The van der Waals surface area contributed by atoms with Gasteiger partial charge in [-0.1, -0.05) is 19.3 Å². The highest BCUT2D eigenvalue weighted by molar-refractivity contribution is 4.95. The third kappa shape index (κ3) is 2.43. The predicted octanol–water partition coefficient (Wildman–Crippen LogP) is 3.44. The Labute approximate surface area is 123 Å². The fourth-order valence-electron chi connectivity index (χ4n) is 6.05. The molecule has 1 aliphatic heterocycles. The van der Waals surface area contributed by atoms with Crippen molar-refractivity contribution in [1.29, 1.82) is 0 Å². The second-order valence-corrected chi connectivity index (χ2v) is 8.16. The molecule has 4 rings (SSSR count). The van der Waals surface area contributed by atoms with Crippen LogP contribution in [0.3, 0.4) is 0 Å². The summed E-state index contributed by atoms with van der Waals surface area (Å²) in [4.78, 5) is 2.80. The quantitative estimate of drug-likeness (QED) is 0.854. The van der Waals surface area contributed by atoms with Crippen LogP contribution in [-0.2, 0) is 0 Å². The Morgan fingerprint density at radius 3 is 2.55 bits per heavy atom. The number of nitrogens with zero attached hydrogens (tertiary/aromatic N) is 1. The minimum Gasteiger partial charge on any atom is -0.393 e. The zero-order valence-electron chi connectivity index (χ0n) is 12.8. The van der Waals surface area contributed by atoms with Crippen LogP contribution in [0.15, 0.2) is 0 Å². The van der Waals surface area contributed by atoms with Crippen LogP contribution in [0.25, 0.3) is 0 Å². The molecule has 1 saturated heterocycles. The smallest absolute Gasteiger partial charge is 0.0583 e. The van der Waals surface area contributed by atoms with Gasteiger partial charge in [0.2, 0.25) is 0 Å². The maximum Gasteiger partial charge on any atom is 0.0583 e. The fraction of sp³-hybridized carbons (Fsp3) is 1.00. The van der Waals surface area contributed by atoms with Crippen LogP contribution < -0.4 is 0 Å². The summed E-state index contributed by atoms with van der Waals surface area (Å²) < 4.78 is 0. The van der Waals surface area contributed by atoms with Gasteiger partial charge in [0, 0.05) is 18.5 Å². The van der Waals surface area contributed by atoms with Gasteiger partial charge in [-0.3, -0.25) is 4.90 Å². The van der Waals surface area contributed by atoms with E-state index in [1.165, 1.54) is 70.9 Å². The highest BCUT2D eigenvalue weighted by Gasteiger charge is 2.43. The normalized spacial score (nSPS) is 49.0. The molecule has 2 bridgehead atoms. The monoisotopic (exact) mass is 277 g/mol. The molecule has 2 heteroatoms. The maximum atomic E-state index is 10.4. The lowest BCUT2D eigenvalue weighted by Gasteiger charge is -2.39. The standard InChI is InChI=1S/C18H31NO/c20-18-6-2-1-4-16(18)17-5-3-9-19(17)12-15-11-13-7-8-14(15)10-13/h13-18,20H,1-12H2. The Morgan fingerprint density at radius 1 is 0.900 bits per heavy atom. The zero-order valence-corrected chi connectivity index (χ0v) is 12.8. The molecule has 6 atom stereocenters. The predicted molar refractivity (Wildman–Crippen MR) is 81.5 cm³/mol. The SMILES string of the molecule is OC1CCCCC1C1CCCN1CC1CC2CCC1C2. The van der Waals surface area contributed by atoms with Crippen molar-refractivity contribution < 1.29 is 5.11 Å². The first-order chi connectivity index (χ1) is 9.81. The molecular formula is C18H31NO. The Bertz CT molecular complexity index is 344. The summed E-state index contributed by atoms with van der Waals surface area (Å²) in [6.45, 7) is 2.66.